The summed E-state index contributed by atoms with van der Waals surface area (Å²) >= 11 is 0. The number of rotatable bonds is 5. The Balaban J connectivity index is 1.84. The molecule has 1 saturated heterocycles. The van der Waals surface area contributed by atoms with Gasteiger partial charge in [0.05, 0.1) is 0 Å². The van der Waals surface area contributed by atoms with Crippen molar-refractivity contribution < 1.29 is 46.1 Å². The molecule has 0 saturated carbocycles. The third-order valence-electron chi connectivity index (χ3n) is 4.44. The number of aromatic nitrogens is 2. The average Bonchev–Trinajstić information content (AvgIpc) is 2.73. The summed E-state index contributed by atoms with van der Waals surface area (Å²) in [5.41, 5.74) is -0.00362. The summed E-state index contributed by atoms with van der Waals surface area (Å²) in [7, 11) is 0. The van der Waals surface area contributed by atoms with Crippen LogP contribution in [0.5, 0.6) is 23.3 Å². The normalized spacial score (nSPS) is 14.3. The summed E-state index contributed by atoms with van der Waals surface area (Å²) in [6, 6.07) is 0.571. The minimum absolute atomic E-state index is 0.00362. The Morgan fingerprint density at radius 3 is 2.33 bits per heavy atom. The minimum Gasteiger partial charge on any atom is -0.473 e. The fourth-order valence-corrected chi connectivity index (χ4v) is 2.97. The highest BCUT2D eigenvalue weighted by Gasteiger charge is 2.33. The van der Waals surface area contributed by atoms with Gasteiger partial charge in [-0.3, -0.25) is 0 Å². The maximum atomic E-state index is 14.3. The zero-order valence-electron chi connectivity index (χ0n) is 16.9. The number of carbonyl (C=O) groups is 1. The predicted molar refractivity (Wildman–Crippen MR) is 101 cm³/mol. The fraction of sp³-hybridized carbons (Fsp3) is 0.350. The van der Waals surface area contributed by atoms with Gasteiger partial charge in [0.15, 0.2) is 23.1 Å². The van der Waals surface area contributed by atoms with Crippen LogP contribution in [-0.2, 0) is 0 Å². The molecule has 2 aromatic rings. The molecule has 13 heteroatoms. The molecule has 0 atom stereocenters. The number of alkyl halides is 3. The van der Waals surface area contributed by atoms with Gasteiger partial charge in [-0.25, -0.2) is 23.5 Å². The Morgan fingerprint density at radius 1 is 1.12 bits per heavy atom. The Kier molecular flexibility index (Phi) is 7.05. The van der Waals surface area contributed by atoms with Gasteiger partial charge in [-0.1, -0.05) is 5.92 Å². The lowest BCUT2D eigenvalue weighted by Gasteiger charge is -2.30. The number of carboxylic acid groups (broad SMARTS) is 1. The van der Waals surface area contributed by atoms with E-state index >= 15 is 0 Å². The predicted octanol–water partition coefficient (Wildman–Crippen LogP) is 4.34. The number of piperidine rings is 1. The lowest BCUT2D eigenvalue weighted by atomic mass is 10.1. The molecule has 1 aliphatic heterocycles. The van der Waals surface area contributed by atoms with Crippen LogP contribution in [0.2, 0.25) is 0 Å². The summed E-state index contributed by atoms with van der Waals surface area (Å²) in [5.74, 6) is -0.101. The number of halogens is 5. The first-order chi connectivity index (χ1) is 15.6. The van der Waals surface area contributed by atoms with E-state index in [1.54, 1.807) is 0 Å². The van der Waals surface area contributed by atoms with Crippen LogP contribution in [0.15, 0.2) is 18.5 Å². The first-order valence-corrected chi connectivity index (χ1v) is 9.42. The van der Waals surface area contributed by atoms with E-state index in [9.17, 15) is 26.7 Å². The zero-order chi connectivity index (χ0) is 24.2. The second-order valence-corrected chi connectivity index (χ2v) is 6.68. The average molecular weight is 473 g/mol. The van der Waals surface area contributed by atoms with Crippen molar-refractivity contribution in [3.63, 3.8) is 0 Å². The molecule has 1 amide bonds. The SMILES string of the molecule is CC#Cc1c(Oc2cc(F)c(OC(F)(F)F)cc2F)ncnc1OC1CCN(C(=O)O)CC1. The zero-order valence-corrected chi connectivity index (χ0v) is 16.9. The number of ether oxygens (including phenoxy) is 3. The Hall–Kier alpha value is -3.82. The molecule has 1 fully saturated rings. The van der Waals surface area contributed by atoms with Crippen molar-refractivity contribution in [2.75, 3.05) is 13.1 Å². The van der Waals surface area contributed by atoms with Crippen LogP contribution in [0.3, 0.4) is 0 Å². The van der Waals surface area contributed by atoms with E-state index in [4.69, 9.17) is 14.6 Å². The third-order valence-corrected chi connectivity index (χ3v) is 4.44. The summed E-state index contributed by atoms with van der Waals surface area (Å²) < 4.78 is 79.7. The quantitative estimate of drug-likeness (QED) is 0.510. The second-order valence-electron chi connectivity index (χ2n) is 6.68. The second kappa shape index (κ2) is 9.76. The van der Waals surface area contributed by atoms with Gasteiger partial charge in [0.1, 0.15) is 18.0 Å². The van der Waals surface area contributed by atoms with Gasteiger partial charge in [-0.05, 0) is 6.92 Å². The van der Waals surface area contributed by atoms with Crippen molar-refractivity contribution >= 4 is 6.09 Å². The van der Waals surface area contributed by atoms with Crippen molar-refractivity contribution in [2.45, 2.75) is 32.2 Å². The van der Waals surface area contributed by atoms with Crippen LogP contribution in [0, 0.1) is 23.5 Å². The number of likely N-dealkylation sites (tertiary alicyclic amines) is 1. The van der Waals surface area contributed by atoms with E-state index in [1.165, 1.54) is 11.8 Å². The standard InChI is InChI=1S/C20H16F5N3O5/c1-2-3-12-17(31-11-4-6-28(7-5-11)19(29)30)26-10-27-18(12)32-15-8-14(22)16(9-13(15)21)33-20(23,24)25/h8-11H,4-7H2,1H3,(H,29,30). The van der Waals surface area contributed by atoms with Gasteiger partial charge in [-0.15, -0.1) is 19.1 Å². The Labute approximate surface area is 183 Å². The van der Waals surface area contributed by atoms with Crippen molar-refractivity contribution in [1.82, 2.24) is 14.9 Å². The lowest BCUT2D eigenvalue weighted by molar-refractivity contribution is -0.275. The number of hydrogen-bond acceptors (Lipinski definition) is 6. The largest absolute Gasteiger partial charge is 0.573 e. The smallest absolute Gasteiger partial charge is 0.473 e. The molecule has 1 N–H and O–H groups in total. The molecule has 1 aromatic heterocycles. The van der Waals surface area contributed by atoms with E-state index in [-0.39, 0.29) is 36.5 Å². The summed E-state index contributed by atoms with van der Waals surface area (Å²) in [6.07, 6.45) is -4.86. The molecule has 1 aliphatic rings. The maximum Gasteiger partial charge on any atom is 0.573 e. The molecular weight excluding hydrogens is 457 g/mol. The Bertz CT molecular complexity index is 1090. The van der Waals surface area contributed by atoms with E-state index in [2.05, 4.69) is 26.5 Å². The molecule has 8 nitrogen and oxygen atoms in total. The molecule has 176 valence electrons. The molecule has 0 bridgehead atoms. The third kappa shape index (κ3) is 6.12. The number of hydrogen-bond donors (Lipinski definition) is 1. The molecule has 0 radical (unpaired) electrons. The van der Waals surface area contributed by atoms with Crippen molar-refractivity contribution in [2.24, 2.45) is 0 Å². The monoisotopic (exact) mass is 473 g/mol. The summed E-state index contributed by atoms with van der Waals surface area (Å²) in [5, 5.41) is 9.03. The highest BCUT2D eigenvalue weighted by molar-refractivity contribution is 5.65. The Morgan fingerprint density at radius 2 is 1.73 bits per heavy atom. The van der Waals surface area contributed by atoms with E-state index in [0.29, 0.717) is 18.9 Å². The van der Waals surface area contributed by atoms with Crippen LogP contribution >= 0.6 is 0 Å². The molecule has 0 spiro atoms. The molecule has 0 aliphatic carbocycles. The molecular formula is C20H16F5N3O5. The first kappa shape index (κ1) is 23.8. The highest BCUT2D eigenvalue weighted by Crippen LogP contribution is 2.35. The molecule has 2 heterocycles. The van der Waals surface area contributed by atoms with Crippen LogP contribution in [0.25, 0.3) is 0 Å². The number of nitrogens with zero attached hydrogens (tertiary/aromatic N) is 3. The minimum atomic E-state index is -5.21. The van der Waals surface area contributed by atoms with E-state index in [1.807, 2.05) is 0 Å². The fourth-order valence-electron chi connectivity index (χ4n) is 2.97. The number of amides is 1. The van der Waals surface area contributed by atoms with Gasteiger partial charge in [0, 0.05) is 38.1 Å². The van der Waals surface area contributed by atoms with Gasteiger partial charge >= 0.3 is 12.5 Å². The summed E-state index contributed by atoms with van der Waals surface area (Å²) in [4.78, 5) is 20.1. The maximum absolute atomic E-state index is 14.3. The van der Waals surface area contributed by atoms with Crippen LogP contribution in [-0.4, -0.2) is 51.6 Å². The van der Waals surface area contributed by atoms with Crippen LogP contribution in [0.1, 0.15) is 25.3 Å². The molecule has 33 heavy (non-hydrogen) atoms. The lowest BCUT2D eigenvalue weighted by Crippen LogP contribution is -2.41. The van der Waals surface area contributed by atoms with Gasteiger partial charge < -0.3 is 24.2 Å². The molecule has 3 rings (SSSR count). The number of benzene rings is 1. The van der Waals surface area contributed by atoms with E-state index < -0.39 is 41.7 Å². The van der Waals surface area contributed by atoms with Crippen LogP contribution in [0.4, 0.5) is 26.7 Å². The van der Waals surface area contributed by atoms with Crippen LogP contribution < -0.4 is 14.2 Å². The summed E-state index contributed by atoms with van der Waals surface area (Å²) in [6.45, 7) is 1.98. The van der Waals surface area contributed by atoms with Crippen molar-refractivity contribution in [1.29, 1.82) is 0 Å². The van der Waals surface area contributed by atoms with Gasteiger partial charge in [0.2, 0.25) is 11.8 Å². The van der Waals surface area contributed by atoms with Gasteiger partial charge in [-0.2, -0.15) is 0 Å². The van der Waals surface area contributed by atoms with E-state index in [0.717, 1.165) is 6.33 Å². The molecule has 1 aromatic carbocycles. The van der Waals surface area contributed by atoms with Crippen molar-refractivity contribution in [3.8, 4) is 35.1 Å². The topological polar surface area (TPSA) is 94.0 Å². The molecule has 0 unspecified atom stereocenters. The highest BCUT2D eigenvalue weighted by atomic mass is 19.4. The van der Waals surface area contributed by atoms with Gasteiger partial charge in [0.25, 0.3) is 0 Å². The first-order valence-electron chi connectivity index (χ1n) is 9.42. The van der Waals surface area contributed by atoms with Crippen molar-refractivity contribution in [3.05, 3.63) is 35.7 Å².